The van der Waals surface area contributed by atoms with E-state index in [0.29, 0.717) is 11.5 Å². The molecule has 0 heterocycles. The lowest BCUT2D eigenvalue weighted by molar-refractivity contribution is -0.154. The van der Waals surface area contributed by atoms with Crippen molar-refractivity contribution < 1.29 is 14.3 Å². The highest BCUT2D eigenvalue weighted by Crippen LogP contribution is 2.29. The van der Waals surface area contributed by atoms with E-state index < -0.39 is 12.1 Å². The van der Waals surface area contributed by atoms with Gasteiger partial charge >= 0.3 is 5.97 Å². The molecule has 3 heteroatoms. The predicted octanol–water partition coefficient (Wildman–Crippen LogP) is 2.67. The number of hydrogen-bond donors (Lipinski definition) is 0. The van der Waals surface area contributed by atoms with Crippen molar-refractivity contribution in [1.82, 2.24) is 0 Å². The quantitative estimate of drug-likeness (QED) is 0.559. The number of rotatable bonds is 3. The first-order valence-electron chi connectivity index (χ1n) is 6.01. The average molecular weight is 236 g/mol. The summed E-state index contributed by atoms with van der Waals surface area (Å²) in [5.41, 5.74) is 0.695. The number of hydrogen-bond acceptors (Lipinski definition) is 3. The standard InChI is InChI=1S/C14H20O3/c1-5-6-12(15)17-14-11(9(2)3)8-7-10(4)13(14)16/h5-7,9,11,14H,8H2,1-4H3/b6-5+/t11-,14-/m1/s1. The molecule has 0 N–H and O–H groups in total. The Balaban J connectivity index is 2.87. The molecule has 0 unspecified atom stereocenters. The fraction of sp³-hybridized carbons (Fsp3) is 0.571. The van der Waals surface area contributed by atoms with Crippen LogP contribution in [0.2, 0.25) is 0 Å². The average Bonchev–Trinajstić information content (AvgIpc) is 2.25. The van der Waals surface area contributed by atoms with Gasteiger partial charge in [0, 0.05) is 12.0 Å². The molecule has 1 aliphatic carbocycles. The van der Waals surface area contributed by atoms with Crippen molar-refractivity contribution in [2.24, 2.45) is 11.8 Å². The minimum atomic E-state index is -0.622. The maximum Gasteiger partial charge on any atom is 0.331 e. The molecule has 0 saturated carbocycles. The third-order valence-corrected chi connectivity index (χ3v) is 3.13. The van der Waals surface area contributed by atoms with Crippen LogP contribution in [-0.4, -0.2) is 17.9 Å². The summed E-state index contributed by atoms with van der Waals surface area (Å²) in [6.07, 6.45) is 5.07. The van der Waals surface area contributed by atoms with Crippen molar-refractivity contribution in [3.63, 3.8) is 0 Å². The Morgan fingerprint density at radius 2 is 2.18 bits per heavy atom. The molecule has 0 aromatic heterocycles. The van der Waals surface area contributed by atoms with Gasteiger partial charge < -0.3 is 4.74 Å². The van der Waals surface area contributed by atoms with E-state index in [1.54, 1.807) is 19.9 Å². The maximum atomic E-state index is 12.0. The monoisotopic (exact) mass is 236 g/mol. The van der Waals surface area contributed by atoms with Gasteiger partial charge in [0.25, 0.3) is 0 Å². The SMILES string of the molecule is C/C=C/C(=O)O[C@H]1C(=O)C(C)=CC[C@@H]1C(C)C. The van der Waals surface area contributed by atoms with Gasteiger partial charge in [-0.2, -0.15) is 0 Å². The molecule has 1 aliphatic rings. The summed E-state index contributed by atoms with van der Waals surface area (Å²) >= 11 is 0. The zero-order chi connectivity index (χ0) is 13.0. The third kappa shape index (κ3) is 3.29. The van der Waals surface area contributed by atoms with Crippen molar-refractivity contribution in [3.8, 4) is 0 Å². The highest BCUT2D eigenvalue weighted by Gasteiger charge is 2.36. The largest absolute Gasteiger partial charge is 0.450 e. The lowest BCUT2D eigenvalue weighted by Gasteiger charge is -2.31. The van der Waals surface area contributed by atoms with Gasteiger partial charge in [-0.15, -0.1) is 0 Å². The van der Waals surface area contributed by atoms with Gasteiger partial charge in [-0.3, -0.25) is 4.79 Å². The summed E-state index contributed by atoms with van der Waals surface area (Å²) in [5, 5.41) is 0. The first-order chi connectivity index (χ1) is 7.97. The van der Waals surface area contributed by atoms with Gasteiger partial charge in [-0.05, 0) is 31.8 Å². The molecule has 0 amide bonds. The van der Waals surface area contributed by atoms with Gasteiger partial charge in [-0.1, -0.05) is 26.0 Å². The van der Waals surface area contributed by atoms with Gasteiger partial charge in [0.2, 0.25) is 0 Å². The first-order valence-corrected chi connectivity index (χ1v) is 6.01. The number of Topliss-reactive ketones (excluding diaryl/α,β-unsaturated/α-hetero) is 1. The molecular formula is C14H20O3. The molecule has 0 fully saturated rings. The topological polar surface area (TPSA) is 43.4 Å². The van der Waals surface area contributed by atoms with E-state index in [9.17, 15) is 9.59 Å². The first kappa shape index (κ1) is 13.7. The van der Waals surface area contributed by atoms with E-state index in [1.807, 2.05) is 19.9 Å². The summed E-state index contributed by atoms with van der Waals surface area (Å²) in [6.45, 7) is 7.61. The van der Waals surface area contributed by atoms with Crippen LogP contribution in [0.4, 0.5) is 0 Å². The molecule has 0 aliphatic heterocycles. The third-order valence-electron chi connectivity index (χ3n) is 3.13. The zero-order valence-corrected chi connectivity index (χ0v) is 10.9. The van der Waals surface area contributed by atoms with E-state index in [4.69, 9.17) is 4.74 Å². The van der Waals surface area contributed by atoms with Crippen LogP contribution in [0.15, 0.2) is 23.8 Å². The van der Waals surface area contributed by atoms with E-state index >= 15 is 0 Å². The van der Waals surface area contributed by atoms with Crippen LogP contribution in [0.1, 0.15) is 34.1 Å². The minimum absolute atomic E-state index is 0.0622. The summed E-state index contributed by atoms with van der Waals surface area (Å²) in [7, 11) is 0. The Kier molecular flexibility index (Phi) is 4.67. The number of ether oxygens (including phenoxy) is 1. The van der Waals surface area contributed by atoms with Crippen LogP contribution in [0.3, 0.4) is 0 Å². The number of ketones is 1. The Morgan fingerprint density at radius 3 is 2.71 bits per heavy atom. The molecule has 2 atom stereocenters. The summed E-state index contributed by atoms with van der Waals surface area (Å²) in [4.78, 5) is 23.5. The molecule has 3 nitrogen and oxygen atoms in total. The summed E-state index contributed by atoms with van der Waals surface area (Å²) in [6, 6.07) is 0. The van der Waals surface area contributed by atoms with E-state index in [2.05, 4.69) is 0 Å². The number of carbonyl (C=O) groups excluding carboxylic acids is 2. The Morgan fingerprint density at radius 1 is 1.53 bits per heavy atom. The fourth-order valence-electron chi connectivity index (χ4n) is 2.02. The molecule has 0 bridgehead atoms. The number of allylic oxidation sites excluding steroid dienone is 2. The molecule has 0 saturated heterocycles. The Labute approximate surface area is 103 Å². The van der Waals surface area contributed by atoms with Crippen LogP contribution in [0.25, 0.3) is 0 Å². The van der Waals surface area contributed by atoms with Crippen molar-refractivity contribution in [3.05, 3.63) is 23.8 Å². The van der Waals surface area contributed by atoms with Crippen LogP contribution >= 0.6 is 0 Å². The van der Waals surface area contributed by atoms with Crippen molar-refractivity contribution in [2.75, 3.05) is 0 Å². The molecule has 0 aromatic rings. The molecule has 0 spiro atoms. The van der Waals surface area contributed by atoms with Crippen LogP contribution < -0.4 is 0 Å². The normalized spacial score (nSPS) is 25.2. The second-order valence-electron chi connectivity index (χ2n) is 4.75. The molecule has 0 aromatic carbocycles. The number of carbonyl (C=O) groups is 2. The van der Waals surface area contributed by atoms with Crippen molar-refractivity contribution in [2.45, 2.75) is 40.2 Å². The highest BCUT2D eigenvalue weighted by atomic mass is 16.5. The predicted molar refractivity (Wildman–Crippen MR) is 66.4 cm³/mol. The minimum Gasteiger partial charge on any atom is -0.450 e. The lowest BCUT2D eigenvalue weighted by Crippen LogP contribution is -2.39. The molecule has 94 valence electrons. The second-order valence-corrected chi connectivity index (χ2v) is 4.75. The lowest BCUT2D eigenvalue weighted by atomic mass is 9.79. The van der Waals surface area contributed by atoms with E-state index in [-0.39, 0.29) is 11.7 Å². The van der Waals surface area contributed by atoms with Gasteiger partial charge in [0.1, 0.15) is 0 Å². The highest BCUT2D eigenvalue weighted by molar-refractivity contribution is 6.00. The van der Waals surface area contributed by atoms with Crippen LogP contribution in [0, 0.1) is 11.8 Å². The summed E-state index contributed by atoms with van der Waals surface area (Å²) in [5.74, 6) is -0.105. The van der Waals surface area contributed by atoms with Gasteiger partial charge in [-0.25, -0.2) is 4.79 Å². The fourth-order valence-corrected chi connectivity index (χ4v) is 2.02. The summed E-state index contributed by atoms with van der Waals surface area (Å²) < 4.78 is 5.27. The van der Waals surface area contributed by atoms with Crippen LogP contribution in [-0.2, 0) is 14.3 Å². The van der Waals surface area contributed by atoms with E-state index in [1.165, 1.54) is 6.08 Å². The maximum absolute atomic E-state index is 12.0. The van der Waals surface area contributed by atoms with Crippen molar-refractivity contribution >= 4 is 11.8 Å². The number of esters is 1. The molecule has 0 radical (unpaired) electrons. The van der Waals surface area contributed by atoms with Crippen molar-refractivity contribution in [1.29, 1.82) is 0 Å². The smallest absolute Gasteiger partial charge is 0.331 e. The molecular weight excluding hydrogens is 216 g/mol. The van der Waals surface area contributed by atoms with E-state index in [0.717, 1.165) is 6.42 Å². The molecule has 17 heavy (non-hydrogen) atoms. The van der Waals surface area contributed by atoms with Gasteiger partial charge in [0.05, 0.1) is 0 Å². The molecule has 1 rings (SSSR count). The van der Waals surface area contributed by atoms with Crippen LogP contribution in [0.5, 0.6) is 0 Å². The van der Waals surface area contributed by atoms with Gasteiger partial charge in [0.15, 0.2) is 11.9 Å². The Bertz CT molecular complexity index is 364. The zero-order valence-electron chi connectivity index (χ0n) is 10.9. The second kappa shape index (κ2) is 5.80. The Hall–Kier alpha value is -1.38.